The van der Waals surface area contributed by atoms with Crippen molar-refractivity contribution in [3.63, 3.8) is 0 Å². The van der Waals surface area contributed by atoms with Crippen LogP contribution >= 0.6 is 11.6 Å². The molecule has 0 bridgehead atoms. The molecule has 0 N–H and O–H groups in total. The van der Waals surface area contributed by atoms with Gasteiger partial charge in [-0.1, -0.05) is 31.5 Å². The molecule has 3 nitrogen and oxygen atoms in total. The van der Waals surface area contributed by atoms with Crippen LogP contribution in [0.4, 0.5) is 11.4 Å². The maximum atomic E-state index is 6.04. The maximum Gasteiger partial charge on any atom is 0.128 e. The summed E-state index contributed by atoms with van der Waals surface area (Å²) in [5.74, 6) is 2.00. The average Bonchev–Trinajstić information content (AvgIpc) is 2.76. The molecular weight excluding hydrogens is 428 g/mol. The summed E-state index contributed by atoms with van der Waals surface area (Å²) in [4.78, 5) is 7.33. The van der Waals surface area contributed by atoms with Gasteiger partial charge in [0.25, 0.3) is 0 Å². The Morgan fingerprint density at radius 2 is 1.85 bits per heavy atom. The van der Waals surface area contributed by atoms with Gasteiger partial charge < -0.3 is 9.64 Å². The number of hydrogen-bond donors (Lipinski definition) is 0. The number of rotatable bonds is 6. The molecule has 0 radical (unpaired) electrons. The molecule has 0 saturated carbocycles. The number of benzene rings is 3. The molecule has 3 aromatic rings. The average molecular weight is 461 g/mol. The van der Waals surface area contributed by atoms with Crippen molar-refractivity contribution in [3.8, 4) is 11.5 Å². The van der Waals surface area contributed by atoms with Crippen LogP contribution in [0.5, 0.6) is 11.5 Å². The Morgan fingerprint density at radius 1 is 1.09 bits per heavy atom. The van der Waals surface area contributed by atoms with E-state index in [1.807, 2.05) is 48.7 Å². The third-order valence-corrected chi connectivity index (χ3v) is 6.68. The van der Waals surface area contributed by atoms with E-state index in [-0.39, 0.29) is 5.54 Å². The van der Waals surface area contributed by atoms with E-state index in [0.717, 1.165) is 36.6 Å². The molecule has 0 spiro atoms. The van der Waals surface area contributed by atoms with Gasteiger partial charge in [-0.2, -0.15) is 0 Å². The Morgan fingerprint density at radius 3 is 2.55 bits per heavy atom. The Balaban J connectivity index is 1.54. The molecule has 1 unspecified atom stereocenters. The fraction of sp³-hybridized carbons (Fsp3) is 0.345. The molecule has 1 aliphatic rings. The lowest BCUT2D eigenvalue weighted by Gasteiger charge is -2.48. The molecule has 0 saturated heterocycles. The first-order valence-corrected chi connectivity index (χ1v) is 12.1. The molecule has 1 aliphatic heterocycles. The van der Waals surface area contributed by atoms with Gasteiger partial charge in [0.15, 0.2) is 0 Å². The van der Waals surface area contributed by atoms with Crippen molar-refractivity contribution in [2.24, 2.45) is 4.99 Å². The monoisotopic (exact) mass is 460 g/mol. The summed E-state index contributed by atoms with van der Waals surface area (Å²) in [6.45, 7) is 12.6. The zero-order chi connectivity index (χ0) is 23.6. The third-order valence-electron chi connectivity index (χ3n) is 6.44. The van der Waals surface area contributed by atoms with Crippen molar-refractivity contribution in [2.75, 3.05) is 11.4 Å². The molecule has 0 aromatic heterocycles. The zero-order valence-corrected chi connectivity index (χ0v) is 21.0. The molecular formula is C29H33ClN2O. The van der Waals surface area contributed by atoms with Gasteiger partial charge in [-0.05, 0) is 111 Å². The largest absolute Gasteiger partial charge is 0.457 e. The summed E-state index contributed by atoms with van der Waals surface area (Å²) in [6.07, 6.45) is 4.29. The van der Waals surface area contributed by atoms with E-state index >= 15 is 0 Å². The Kier molecular flexibility index (Phi) is 6.81. The van der Waals surface area contributed by atoms with Crippen LogP contribution in [0.2, 0.25) is 5.02 Å². The predicted molar refractivity (Wildman–Crippen MR) is 141 cm³/mol. The summed E-state index contributed by atoms with van der Waals surface area (Å²) in [5.41, 5.74) is 6.32. The minimum absolute atomic E-state index is 0.180. The van der Waals surface area contributed by atoms with E-state index in [2.05, 4.69) is 51.7 Å². The summed E-state index contributed by atoms with van der Waals surface area (Å²) in [7, 11) is 0. The highest BCUT2D eigenvalue weighted by Gasteiger charge is 2.36. The van der Waals surface area contributed by atoms with Gasteiger partial charge in [0.2, 0.25) is 0 Å². The number of fused-ring (bicyclic) bond motifs is 1. The van der Waals surface area contributed by atoms with Crippen molar-refractivity contribution in [1.82, 2.24) is 0 Å². The molecule has 3 aromatic carbocycles. The molecule has 172 valence electrons. The van der Waals surface area contributed by atoms with Crippen molar-refractivity contribution in [2.45, 2.75) is 58.9 Å². The minimum atomic E-state index is 0.180. The van der Waals surface area contributed by atoms with Crippen LogP contribution in [0, 0.1) is 6.92 Å². The fourth-order valence-electron chi connectivity index (χ4n) is 4.85. The Bertz CT molecular complexity index is 1150. The summed E-state index contributed by atoms with van der Waals surface area (Å²) < 4.78 is 5.88. The molecule has 1 heterocycles. The first-order chi connectivity index (χ1) is 15.8. The Hall–Kier alpha value is -2.78. The number of aliphatic imine (C=N–C) groups is 1. The van der Waals surface area contributed by atoms with Crippen LogP contribution in [0.25, 0.3) is 0 Å². The second kappa shape index (κ2) is 9.61. The summed E-state index contributed by atoms with van der Waals surface area (Å²) in [6, 6.07) is 19.9. The second-order valence-corrected chi connectivity index (χ2v) is 10.1. The molecule has 4 rings (SSSR count). The van der Waals surface area contributed by atoms with E-state index in [1.165, 1.54) is 22.4 Å². The molecule has 0 amide bonds. The maximum absolute atomic E-state index is 6.04. The van der Waals surface area contributed by atoms with Gasteiger partial charge in [0.1, 0.15) is 11.5 Å². The predicted octanol–water partition coefficient (Wildman–Crippen LogP) is 8.69. The van der Waals surface area contributed by atoms with Crippen molar-refractivity contribution in [3.05, 3.63) is 82.4 Å². The minimum Gasteiger partial charge on any atom is -0.457 e. The van der Waals surface area contributed by atoms with Crippen LogP contribution in [0.15, 0.2) is 65.7 Å². The fourth-order valence-corrected chi connectivity index (χ4v) is 5.03. The summed E-state index contributed by atoms with van der Waals surface area (Å²) >= 11 is 6.04. The van der Waals surface area contributed by atoms with E-state index in [4.69, 9.17) is 21.3 Å². The molecule has 33 heavy (non-hydrogen) atoms. The highest BCUT2D eigenvalue weighted by molar-refractivity contribution is 6.30. The lowest BCUT2D eigenvalue weighted by atomic mass is 9.79. The molecule has 0 fully saturated rings. The number of aryl methyl sites for hydroxylation is 1. The van der Waals surface area contributed by atoms with Crippen LogP contribution in [0.3, 0.4) is 0 Å². The number of anilines is 1. The van der Waals surface area contributed by atoms with Crippen molar-refractivity contribution < 1.29 is 4.74 Å². The van der Waals surface area contributed by atoms with Crippen molar-refractivity contribution in [1.29, 1.82) is 0 Å². The van der Waals surface area contributed by atoms with E-state index in [1.54, 1.807) is 6.07 Å². The highest BCUT2D eigenvalue weighted by Crippen LogP contribution is 2.44. The third kappa shape index (κ3) is 5.25. The van der Waals surface area contributed by atoms with E-state index in [9.17, 15) is 0 Å². The number of hydrogen-bond acceptors (Lipinski definition) is 3. The van der Waals surface area contributed by atoms with Crippen LogP contribution in [-0.4, -0.2) is 18.3 Å². The highest BCUT2D eigenvalue weighted by atomic mass is 35.5. The van der Waals surface area contributed by atoms with Gasteiger partial charge in [0.05, 0.1) is 5.69 Å². The SMILES string of the molecule is CCCN1c2cc(C)c(C=Nc3ccc(Oc4cccc(Cl)c4)cc3)cc2C(C)CC1(C)C. The second-order valence-electron chi connectivity index (χ2n) is 9.65. The number of nitrogens with zero attached hydrogens (tertiary/aromatic N) is 2. The van der Waals surface area contributed by atoms with Gasteiger partial charge in [-0.25, -0.2) is 0 Å². The van der Waals surface area contributed by atoms with Crippen LogP contribution < -0.4 is 9.64 Å². The van der Waals surface area contributed by atoms with Gasteiger partial charge >= 0.3 is 0 Å². The van der Waals surface area contributed by atoms with Crippen LogP contribution in [0.1, 0.15) is 63.1 Å². The molecule has 4 heteroatoms. The Labute approximate surface area is 203 Å². The van der Waals surface area contributed by atoms with E-state index in [0.29, 0.717) is 10.9 Å². The quantitative estimate of drug-likeness (QED) is 0.343. The normalized spacial score (nSPS) is 17.3. The van der Waals surface area contributed by atoms with Gasteiger partial charge in [-0.15, -0.1) is 0 Å². The molecule has 0 aliphatic carbocycles. The zero-order valence-electron chi connectivity index (χ0n) is 20.2. The molecule has 1 atom stereocenters. The standard InChI is InChI=1S/C29H33ClN2O/c1-6-14-32-28-15-20(2)22(16-27(28)21(3)18-29(32,4)5)19-31-24-10-12-25(13-11-24)33-26-9-7-8-23(30)17-26/h7-13,15-17,19,21H,6,14,18H2,1-5H3. The number of halogens is 1. The lowest BCUT2D eigenvalue weighted by molar-refractivity contribution is 0.376. The number of ether oxygens (including phenoxy) is 1. The topological polar surface area (TPSA) is 24.8 Å². The van der Waals surface area contributed by atoms with E-state index < -0.39 is 0 Å². The van der Waals surface area contributed by atoms with Crippen LogP contribution in [-0.2, 0) is 0 Å². The first kappa shape index (κ1) is 23.4. The van der Waals surface area contributed by atoms with Gasteiger partial charge in [-0.3, -0.25) is 4.99 Å². The lowest BCUT2D eigenvalue weighted by Crippen LogP contribution is -2.48. The van der Waals surface area contributed by atoms with Gasteiger partial charge in [0, 0.05) is 29.0 Å². The van der Waals surface area contributed by atoms with Crippen molar-refractivity contribution >= 4 is 29.2 Å². The summed E-state index contributed by atoms with van der Waals surface area (Å²) in [5, 5.41) is 0.657. The smallest absolute Gasteiger partial charge is 0.128 e. The first-order valence-electron chi connectivity index (χ1n) is 11.8.